The lowest BCUT2D eigenvalue weighted by Gasteiger charge is -2.25. The lowest BCUT2D eigenvalue weighted by Crippen LogP contribution is -2.40. The average molecular weight is 494 g/mol. The van der Waals surface area contributed by atoms with Crippen LogP contribution in [0.2, 0.25) is 0 Å². The van der Waals surface area contributed by atoms with E-state index in [0.717, 1.165) is 21.3 Å². The summed E-state index contributed by atoms with van der Waals surface area (Å²) in [4.78, 5) is 9.25. The number of para-hydroxylation sites is 1. The largest absolute Gasteiger partial charge is 0.493 e. The first-order valence-corrected chi connectivity index (χ1v) is 13.2. The van der Waals surface area contributed by atoms with Crippen molar-refractivity contribution in [1.82, 2.24) is 14.3 Å². The van der Waals surface area contributed by atoms with Gasteiger partial charge in [-0.25, -0.2) is 18.4 Å². The lowest BCUT2D eigenvalue weighted by atomic mass is 10.2. The molecule has 3 aromatic rings. The molecule has 170 valence electrons. The van der Waals surface area contributed by atoms with E-state index in [1.54, 1.807) is 26.4 Å². The maximum absolute atomic E-state index is 12.7. The van der Waals surface area contributed by atoms with E-state index in [4.69, 9.17) is 19.2 Å². The summed E-state index contributed by atoms with van der Waals surface area (Å²) in [7, 11) is -0.318. The highest BCUT2D eigenvalue weighted by Gasteiger charge is 2.26. The molecule has 8 nitrogen and oxygen atoms in total. The number of sulfonamides is 1. The molecule has 0 spiro atoms. The number of thioether (sulfide) groups is 1. The van der Waals surface area contributed by atoms with Crippen LogP contribution in [-0.2, 0) is 20.5 Å². The Morgan fingerprint density at radius 1 is 1.16 bits per heavy atom. The summed E-state index contributed by atoms with van der Waals surface area (Å²) in [6, 6.07) is 9.04. The molecular weight excluding hydrogens is 470 g/mol. The number of nitrogens with zero attached hydrogens (tertiary/aromatic N) is 3. The molecule has 1 aliphatic rings. The molecule has 0 aliphatic carbocycles. The van der Waals surface area contributed by atoms with Crippen LogP contribution in [-0.4, -0.2) is 63.2 Å². The van der Waals surface area contributed by atoms with Crippen molar-refractivity contribution >= 4 is 33.1 Å². The van der Waals surface area contributed by atoms with Crippen LogP contribution in [0, 0.1) is 0 Å². The molecule has 0 unspecified atom stereocenters. The van der Waals surface area contributed by atoms with Gasteiger partial charge in [-0.1, -0.05) is 6.07 Å². The van der Waals surface area contributed by atoms with Crippen molar-refractivity contribution in [2.75, 3.05) is 40.5 Å². The quantitative estimate of drug-likeness (QED) is 0.440. The van der Waals surface area contributed by atoms with Crippen molar-refractivity contribution in [2.45, 2.75) is 15.7 Å². The Balaban J connectivity index is 1.43. The van der Waals surface area contributed by atoms with Gasteiger partial charge in [-0.3, -0.25) is 0 Å². The van der Waals surface area contributed by atoms with Crippen molar-refractivity contribution < 1.29 is 22.6 Å². The molecule has 1 aromatic carbocycles. The molecule has 32 heavy (non-hydrogen) atoms. The van der Waals surface area contributed by atoms with Crippen LogP contribution in [0.3, 0.4) is 0 Å². The standard InChI is InChI=1S/C21H23N3O5S3/c1-27-18-5-3-4-17(20(18)28-2)21-23-15(14-31-21)13-30-19-7-6-16(12-22-19)32(25,26)24-8-10-29-11-9-24/h3-7,12,14H,8-11,13H2,1-2H3. The fourth-order valence-corrected chi connectivity index (χ4v) is 6.28. The zero-order valence-electron chi connectivity index (χ0n) is 17.7. The minimum Gasteiger partial charge on any atom is -0.493 e. The van der Waals surface area contributed by atoms with Crippen molar-refractivity contribution in [3.63, 3.8) is 0 Å². The van der Waals surface area contributed by atoms with Gasteiger partial charge in [-0.15, -0.1) is 23.1 Å². The molecule has 4 rings (SSSR count). The van der Waals surface area contributed by atoms with Crippen molar-refractivity contribution in [1.29, 1.82) is 0 Å². The predicted octanol–water partition coefficient (Wildman–Crippen LogP) is 3.54. The number of aromatic nitrogens is 2. The fraction of sp³-hybridized carbons (Fsp3) is 0.333. The van der Waals surface area contributed by atoms with E-state index in [1.165, 1.54) is 33.6 Å². The second kappa shape index (κ2) is 10.2. The Bertz CT molecular complexity index is 1160. The fourth-order valence-electron chi connectivity index (χ4n) is 3.24. The van der Waals surface area contributed by atoms with E-state index < -0.39 is 10.0 Å². The molecule has 3 heterocycles. The van der Waals surface area contributed by atoms with Crippen LogP contribution in [0.5, 0.6) is 11.5 Å². The number of benzene rings is 1. The molecule has 1 saturated heterocycles. The maximum Gasteiger partial charge on any atom is 0.244 e. The highest BCUT2D eigenvalue weighted by Crippen LogP contribution is 2.39. The maximum atomic E-state index is 12.7. The number of morpholine rings is 1. The van der Waals surface area contributed by atoms with Crippen LogP contribution in [0.1, 0.15) is 5.69 Å². The predicted molar refractivity (Wildman–Crippen MR) is 124 cm³/mol. The number of pyridine rings is 1. The van der Waals surface area contributed by atoms with E-state index in [1.807, 2.05) is 23.6 Å². The SMILES string of the molecule is COc1cccc(-c2nc(CSc3ccc(S(=O)(=O)N4CCOCC4)cn3)cs2)c1OC. The third kappa shape index (κ3) is 4.91. The Labute approximate surface area is 195 Å². The van der Waals surface area contributed by atoms with Gasteiger partial charge in [0.25, 0.3) is 0 Å². The van der Waals surface area contributed by atoms with E-state index in [0.29, 0.717) is 43.6 Å². The zero-order valence-corrected chi connectivity index (χ0v) is 20.1. The first kappa shape index (κ1) is 23.0. The Morgan fingerprint density at radius 2 is 1.97 bits per heavy atom. The second-order valence-corrected chi connectivity index (χ2v) is 10.6. The van der Waals surface area contributed by atoms with Crippen LogP contribution in [0.4, 0.5) is 0 Å². The third-order valence-corrected chi connectivity index (χ3v) is 8.65. The number of thiazole rings is 1. The van der Waals surface area contributed by atoms with Crippen LogP contribution >= 0.6 is 23.1 Å². The van der Waals surface area contributed by atoms with Gasteiger partial charge in [-0.05, 0) is 24.3 Å². The number of hydrogen-bond donors (Lipinski definition) is 0. The van der Waals surface area contributed by atoms with Gasteiger partial charge >= 0.3 is 0 Å². The van der Waals surface area contributed by atoms with E-state index in [9.17, 15) is 8.42 Å². The molecule has 0 N–H and O–H groups in total. The highest BCUT2D eigenvalue weighted by molar-refractivity contribution is 7.98. The Kier molecular flexibility index (Phi) is 7.31. The van der Waals surface area contributed by atoms with Gasteiger partial charge < -0.3 is 14.2 Å². The highest BCUT2D eigenvalue weighted by atomic mass is 32.2. The molecule has 2 aromatic heterocycles. The topological polar surface area (TPSA) is 90.9 Å². The number of hydrogen-bond acceptors (Lipinski definition) is 9. The average Bonchev–Trinajstić information content (AvgIpc) is 3.32. The molecule has 0 bridgehead atoms. The summed E-state index contributed by atoms with van der Waals surface area (Å²) < 4.78 is 43.0. The summed E-state index contributed by atoms with van der Waals surface area (Å²) >= 11 is 3.04. The number of ether oxygens (including phenoxy) is 3. The van der Waals surface area contributed by atoms with E-state index in [2.05, 4.69) is 4.98 Å². The van der Waals surface area contributed by atoms with E-state index >= 15 is 0 Å². The van der Waals surface area contributed by atoms with Gasteiger partial charge in [0.15, 0.2) is 11.5 Å². The molecule has 0 saturated carbocycles. The smallest absolute Gasteiger partial charge is 0.244 e. The van der Waals surface area contributed by atoms with Gasteiger partial charge in [0, 0.05) is 30.4 Å². The molecule has 0 radical (unpaired) electrons. The molecular formula is C21H23N3O5S3. The second-order valence-electron chi connectivity index (χ2n) is 6.82. The van der Waals surface area contributed by atoms with Gasteiger partial charge in [0.05, 0.1) is 43.7 Å². The number of methoxy groups -OCH3 is 2. The summed E-state index contributed by atoms with van der Waals surface area (Å²) in [5, 5.41) is 3.58. The minimum absolute atomic E-state index is 0.199. The number of rotatable bonds is 8. The molecule has 0 atom stereocenters. The van der Waals surface area contributed by atoms with Crippen LogP contribution < -0.4 is 9.47 Å². The van der Waals surface area contributed by atoms with E-state index in [-0.39, 0.29) is 4.90 Å². The van der Waals surface area contributed by atoms with Crippen LogP contribution in [0.25, 0.3) is 10.6 Å². The first-order chi connectivity index (χ1) is 15.5. The van der Waals surface area contributed by atoms with Gasteiger partial charge in [-0.2, -0.15) is 4.31 Å². The molecule has 11 heteroatoms. The minimum atomic E-state index is -3.54. The summed E-state index contributed by atoms with van der Waals surface area (Å²) in [5.41, 5.74) is 1.79. The van der Waals surface area contributed by atoms with Crippen LogP contribution in [0.15, 0.2) is 51.8 Å². The Morgan fingerprint density at radius 3 is 2.66 bits per heavy atom. The zero-order chi connectivity index (χ0) is 22.6. The van der Waals surface area contributed by atoms with Crippen molar-refractivity contribution in [3.05, 3.63) is 47.6 Å². The molecule has 0 amide bonds. The first-order valence-electron chi connectivity index (χ1n) is 9.85. The lowest BCUT2D eigenvalue weighted by molar-refractivity contribution is 0.0730. The normalized spacial score (nSPS) is 14.9. The summed E-state index contributed by atoms with van der Waals surface area (Å²) in [6.45, 7) is 1.56. The van der Waals surface area contributed by atoms with Crippen molar-refractivity contribution in [3.8, 4) is 22.1 Å². The third-order valence-electron chi connectivity index (χ3n) is 4.87. The molecule has 1 aliphatic heterocycles. The van der Waals surface area contributed by atoms with Gasteiger partial charge in [0.2, 0.25) is 10.0 Å². The monoisotopic (exact) mass is 493 g/mol. The molecule has 1 fully saturated rings. The Hall–Kier alpha value is -2.18. The summed E-state index contributed by atoms with van der Waals surface area (Å²) in [6.07, 6.45) is 1.42. The summed E-state index contributed by atoms with van der Waals surface area (Å²) in [5.74, 6) is 1.93. The van der Waals surface area contributed by atoms with Gasteiger partial charge in [0.1, 0.15) is 9.90 Å². The van der Waals surface area contributed by atoms with Crippen molar-refractivity contribution in [2.24, 2.45) is 0 Å².